The summed E-state index contributed by atoms with van der Waals surface area (Å²) in [6.45, 7) is 0.694. The zero-order valence-electron chi connectivity index (χ0n) is 20.4. The van der Waals surface area contributed by atoms with Gasteiger partial charge in [0.1, 0.15) is 12.2 Å². The fourth-order valence-electron chi connectivity index (χ4n) is 7.71. The molecular weight excluding hydrogens is 495 g/mol. The highest BCUT2D eigenvalue weighted by molar-refractivity contribution is 5.97. The lowest BCUT2D eigenvalue weighted by molar-refractivity contribution is -0.362. The number of allylic oxidation sites excluding steroid dienone is 4. The average Bonchev–Trinajstić information content (AvgIpc) is 3.13. The van der Waals surface area contributed by atoms with Gasteiger partial charge < -0.3 is 10.2 Å². The third-order valence-electron chi connectivity index (χ3n) is 9.54. The first-order valence-corrected chi connectivity index (χ1v) is 12.6. The number of hydrogen-bond donors (Lipinski definition) is 2. The summed E-state index contributed by atoms with van der Waals surface area (Å²) in [5, 5.41) is 20.4. The summed E-state index contributed by atoms with van der Waals surface area (Å²) in [6, 6.07) is 6.31. The van der Waals surface area contributed by atoms with Crippen molar-refractivity contribution in [1.82, 2.24) is 0 Å². The zero-order chi connectivity index (χ0) is 27.0. The second-order valence-electron chi connectivity index (χ2n) is 11.2. The minimum absolute atomic E-state index is 0.0157. The molecule has 4 aliphatic carbocycles. The first-order chi connectivity index (χ1) is 17.2. The van der Waals surface area contributed by atoms with E-state index in [9.17, 15) is 36.6 Å². The monoisotopic (exact) mass is 524 g/mol. The van der Waals surface area contributed by atoms with Crippen LogP contribution in [0.3, 0.4) is 0 Å². The third kappa shape index (κ3) is 3.67. The predicted octanol–water partition coefficient (Wildman–Crippen LogP) is 5.69. The lowest BCUT2D eigenvalue weighted by atomic mass is 9.50. The van der Waals surface area contributed by atoms with Crippen molar-refractivity contribution in [2.45, 2.75) is 75.5 Å². The van der Waals surface area contributed by atoms with Crippen molar-refractivity contribution in [1.29, 1.82) is 0 Å². The van der Waals surface area contributed by atoms with E-state index in [1.54, 1.807) is 18.2 Å². The van der Waals surface area contributed by atoms with Gasteiger partial charge in [0, 0.05) is 23.3 Å². The van der Waals surface area contributed by atoms with Crippen LogP contribution in [-0.2, 0) is 4.79 Å². The van der Waals surface area contributed by atoms with E-state index < -0.39 is 53.8 Å². The zero-order valence-corrected chi connectivity index (χ0v) is 20.4. The van der Waals surface area contributed by atoms with Crippen LogP contribution in [0.5, 0.6) is 0 Å². The molecule has 0 bridgehead atoms. The topological polar surface area (TPSA) is 74.6 Å². The predicted molar refractivity (Wildman–Crippen MR) is 124 cm³/mol. The SMILES string of the molecule is CC12CC(c3ccc(C(=O)CO)cc3)C3=C4CCC(=O)C=C4CCC3C1CC[C@@]2(O)C(F)(F)C(F)(F)F. The van der Waals surface area contributed by atoms with Gasteiger partial charge in [-0.05, 0) is 73.1 Å². The highest BCUT2D eigenvalue weighted by Crippen LogP contribution is 2.70. The standard InChI is InChI=1S/C28H29F5O4/c1-25-13-21(15-2-4-16(5-3-15)23(36)14-34)24-19-9-7-18(35)12-17(19)6-8-20(24)22(25)10-11-26(25,37)27(29,30)28(31,32)33/h2-5,12,20-22,34,37H,6-11,13-14H2,1H3/t20?,21?,22?,25?,26-/m0/s1. The van der Waals surface area contributed by atoms with Gasteiger partial charge in [-0.2, -0.15) is 22.0 Å². The fraction of sp³-hybridized carbons (Fsp3) is 0.571. The molecule has 0 aliphatic heterocycles. The first-order valence-electron chi connectivity index (χ1n) is 12.6. The van der Waals surface area contributed by atoms with Crippen LogP contribution in [0.4, 0.5) is 22.0 Å². The molecular formula is C28H29F5O4. The highest BCUT2D eigenvalue weighted by atomic mass is 19.4. The van der Waals surface area contributed by atoms with Gasteiger partial charge in [0.05, 0.1) is 0 Å². The summed E-state index contributed by atoms with van der Waals surface area (Å²) in [5.41, 5.74) is -1.24. The number of alkyl halides is 5. The molecule has 2 N–H and O–H groups in total. The Morgan fingerprint density at radius 1 is 1.05 bits per heavy atom. The molecule has 5 atom stereocenters. The Kier molecular flexibility index (Phi) is 6.07. The van der Waals surface area contributed by atoms with E-state index in [1.807, 2.05) is 0 Å². The molecule has 2 saturated carbocycles. The van der Waals surface area contributed by atoms with Crippen LogP contribution in [0.1, 0.15) is 73.7 Å². The van der Waals surface area contributed by atoms with Crippen LogP contribution in [0.15, 0.2) is 47.1 Å². The molecule has 4 aliphatic rings. The fourth-order valence-corrected chi connectivity index (χ4v) is 7.71. The molecule has 5 rings (SSSR count). The van der Waals surface area contributed by atoms with E-state index >= 15 is 0 Å². The Balaban J connectivity index is 1.67. The number of aliphatic hydroxyl groups excluding tert-OH is 1. The van der Waals surface area contributed by atoms with Crippen molar-refractivity contribution in [3.8, 4) is 0 Å². The largest absolute Gasteiger partial charge is 0.456 e. The van der Waals surface area contributed by atoms with Gasteiger partial charge >= 0.3 is 12.1 Å². The van der Waals surface area contributed by atoms with E-state index in [0.717, 1.165) is 16.7 Å². The van der Waals surface area contributed by atoms with Crippen molar-refractivity contribution in [2.75, 3.05) is 6.61 Å². The molecule has 1 aromatic carbocycles. The van der Waals surface area contributed by atoms with Gasteiger partial charge in [-0.25, -0.2) is 0 Å². The smallest absolute Gasteiger partial charge is 0.388 e. The van der Waals surface area contributed by atoms with E-state index in [-0.39, 0.29) is 30.1 Å². The molecule has 0 saturated heterocycles. The minimum Gasteiger partial charge on any atom is -0.388 e. The van der Waals surface area contributed by atoms with Crippen LogP contribution in [0.25, 0.3) is 0 Å². The van der Waals surface area contributed by atoms with Gasteiger partial charge in [0.15, 0.2) is 11.6 Å². The summed E-state index contributed by atoms with van der Waals surface area (Å²) in [4.78, 5) is 24.0. The molecule has 1 aromatic rings. The van der Waals surface area contributed by atoms with Crippen LogP contribution in [0, 0.1) is 17.3 Å². The van der Waals surface area contributed by atoms with Crippen molar-refractivity contribution in [3.05, 3.63) is 58.2 Å². The number of halogens is 5. The highest BCUT2D eigenvalue weighted by Gasteiger charge is 2.79. The lowest BCUT2D eigenvalue weighted by Crippen LogP contribution is -2.65. The molecule has 0 amide bonds. The van der Waals surface area contributed by atoms with E-state index in [4.69, 9.17) is 5.11 Å². The Morgan fingerprint density at radius 3 is 2.35 bits per heavy atom. The van der Waals surface area contributed by atoms with Crippen LogP contribution < -0.4 is 0 Å². The van der Waals surface area contributed by atoms with E-state index in [2.05, 4.69) is 0 Å². The molecule has 9 heteroatoms. The van der Waals surface area contributed by atoms with Crippen LogP contribution >= 0.6 is 0 Å². The molecule has 0 heterocycles. The number of aliphatic hydroxyl groups is 2. The summed E-state index contributed by atoms with van der Waals surface area (Å²) < 4.78 is 70.8. The molecule has 200 valence electrons. The van der Waals surface area contributed by atoms with Gasteiger partial charge in [-0.1, -0.05) is 36.8 Å². The number of fused-ring (bicyclic) bond motifs is 4. The maximum Gasteiger partial charge on any atom is 0.456 e. The second kappa shape index (κ2) is 8.56. The van der Waals surface area contributed by atoms with Crippen LogP contribution in [-0.4, -0.2) is 46.1 Å². The van der Waals surface area contributed by atoms with Gasteiger partial charge in [0.2, 0.25) is 0 Å². The van der Waals surface area contributed by atoms with Gasteiger partial charge in [0.25, 0.3) is 0 Å². The summed E-state index contributed by atoms with van der Waals surface area (Å²) in [5.74, 6) is -7.20. The minimum atomic E-state index is -5.90. The number of carbonyl (C=O) groups is 2. The van der Waals surface area contributed by atoms with Gasteiger partial charge in [-0.3, -0.25) is 9.59 Å². The molecule has 4 unspecified atom stereocenters. The molecule has 0 spiro atoms. The van der Waals surface area contributed by atoms with Crippen molar-refractivity contribution < 1.29 is 41.8 Å². The molecule has 2 fully saturated rings. The summed E-state index contributed by atoms with van der Waals surface area (Å²) >= 11 is 0. The quantitative estimate of drug-likeness (QED) is 0.392. The van der Waals surface area contributed by atoms with Crippen LogP contribution in [0.2, 0.25) is 0 Å². The summed E-state index contributed by atoms with van der Waals surface area (Å²) in [7, 11) is 0. The first kappa shape index (κ1) is 26.2. The Bertz CT molecular complexity index is 1200. The Labute approximate surface area is 211 Å². The molecule has 4 nitrogen and oxygen atoms in total. The van der Waals surface area contributed by atoms with Crippen molar-refractivity contribution in [2.24, 2.45) is 17.3 Å². The molecule has 0 aromatic heterocycles. The molecule has 37 heavy (non-hydrogen) atoms. The van der Waals surface area contributed by atoms with E-state index in [0.29, 0.717) is 31.2 Å². The maximum absolute atomic E-state index is 15.0. The van der Waals surface area contributed by atoms with Crippen molar-refractivity contribution >= 4 is 11.6 Å². The molecule has 0 radical (unpaired) electrons. The summed E-state index contributed by atoms with van der Waals surface area (Å²) in [6.07, 6.45) is -3.17. The van der Waals surface area contributed by atoms with Gasteiger partial charge in [-0.15, -0.1) is 0 Å². The number of ketones is 2. The normalized spacial score (nSPS) is 34.0. The number of carbonyl (C=O) groups excluding carboxylic acids is 2. The lowest BCUT2D eigenvalue weighted by Gasteiger charge is -2.56. The average molecular weight is 525 g/mol. The van der Waals surface area contributed by atoms with Crippen molar-refractivity contribution in [3.63, 3.8) is 0 Å². The Hall–Kier alpha value is -2.39. The number of benzene rings is 1. The van der Waals surface area contributed by atoms with E-state index in [1.165, 1.54) is 19.1 Å². The Morgan fingerprint density at radius 2 is 1.73 bits per heavy atom. The third-order valence-corrected chi connectivity index (χ3v) is 9.54. The number of hydrogen-bond acceptors (Lipinski definition) is 4. The number of Topliss-reactive ketones (excluding diaryl/α,β-unsaturated/α-hetero) is 1. The number of rotatable bonds is 4. The maximum atomic E-state index is 15.0. The second-order valence-corrected chi connectivity index (χ2v) is 11.2.